The molecule has 0 aromatic carbocycles. The van der Waals surface area contributed by atoms with Gasteiger partial charge in [-0.15, -0.1) is 0 Å². The standard InChI is InChI=1S/C15H34N4O3/c1-10(18-9-16)6-14(17)15(22)19-12(8-20)7-11-2-4-13(21)5-3-11/h10-15,18-22H,2-9,16-17H2,1H3/t10?,11?,12-,13?,14?,15?/m1/s1. The van der Waals surface area contributed by atoms with Crippen molar-refractivity contribution in [3.8, 4) is 0 Å². The minimum absolute atomic E-state index is 0.0283. The average molecular weight is 318 g/mol. The van der Waals surface area contributed by atoms with E-state index in [0.29, 0.717) is 19.0 Å². The van der Waals surface area contributed by atoms with Crippen LogP contribution in [-0.4, -0.2) is 59.1 Å². The van der Waals surface area contributed by atoms with Crippen LogP contribution in [0.5, 0.6) is 0 Å². The Bertz CT molecular complexity index is 288. The normalized spacial score (nSPS) is 28.1. The van der Waals surface area contributed by atoms with Crippen LogP contribution in [-0.2, 0) is 0 Å². The molecule has 0 saturated heterocycles. The number of aliphatic hydroxyl groups is 3. The first-order valence-electron chi connectivity index (χ1n) is 8.38. The highest BCUT2D eigenvalue weighted by atomic mass is 16.3. The molecule has 0 amide bonds. The monoisotopic (exact) mass is 318 g/mol. The molecule has 1 saturated carbocycles. The minimum atomic E-state index is -0.853. The molecule has 1 aliphatic rings. The zero-order valence-corrected chi connectivity index (χ0v) is 13.6. The minimum Gasteiger partial charge on any atom is -0.395 e. The molecule has 1 rings (SSSR count). The molecule has 4 atom stereocenters. The van der Waals surface area contributed by atoms with Gasteiger partial charge in [-0.2, -0.15) is 0 Å². The average Bonchev–Trinajstić information content (AvgIpc) is 2.48. The van der Waals surface area contributed by atoms with Crippen LogP contribution in [0, 0.1) is 5.92 Å². The first kappa shape index (κ1) is 19.8. The second-order valence-electron chi connectivity index (χ2n) is 6.61. The van der Waals surface area contributed by atoms with Crippen molar-refractivity contribution in [2.75, 3.05) is 13.3 Å². The van der Waals surface area contributed by atoms with Crippen LogP contribution in [0.25, 0.3) is 0 Å². The van der Waals surface area contributed by atoms with Crippen molar-refractivity contribution in [3.05, 3.63) is 0 Å². The summed E-state index contributed by atoms with van der Waals surface area (Å²) in [5.41, 5.74) is 11.4. The summed E-state index contributed by atoms with van der Waals surface area (Å²) in [7, 11) is 0. The summed E-state index contributed by atoms with van der Waals surface area (Å²) in [4.78, 5) is 0. The second-order valence-corrected chi connectivity index (χ2v) is 6.61. The lowest BCUT2D eigenvalue weighted by Gasteiger charge is -2.31. The van der Waals surface area contributed by atoms with Gasteiger partial charge in [0.15, 0.2) is 0 Å². The summed E-state index contributed by atoms with van der Waals surface area (Å²) >= 11 is 0. The molecular weight excluding hydrogens is 284 g/mol. The van der Waals surface area contributed by atoms with Crippen molar-refractivity contribution in [3.63, 3.8) is 0 Å². The molecule has 9 N–H and O–H groups in total. The van der Waals surface area contributed by atoms with Gasteiger partial charge < -0.3 is 32.1 Å². The second kappa shape index (κ2) is 10.5. The summed E-state index contributed by atoms with van der Waals surface area (Å²) in [6, 6.07) is -0.459. The Hall–Kier alpha value is -0.280. The predicted octanol–water partition coefficient (Wildman–Crippen LogP) is -1.19. The molecule has 0 bridgehead atoms. The van der Waals surface area contributed by atoms with Gasteiger partial charge in [-0.25, -0.2) is 0 Å². The third-order valence-electron chi connectivity index (χ3n) is 4.56. The molecule has 132 valence electrons. The van der Waals surface area contributed by atoms with E-state index < -0.39 is 12.3 Å². The van der Waals surface area contributed by atoms with Gasteiger partial charge in [-0.1, -0.05) is 0 Å². The molecule has 7 nitrogen and oxygen atoms in total. The summed E-state index contributed by atoms with van der Waals surface area (Å²) < 4.78 is 0. The van der Waals surface area contributed by atoms with E-state index in [9.17, 15) is 15.3 Å². The van der Waals surface area contributed by atoms with Crippen LogP contribution in [0.3, 0.4) is 0 Å². The molecule has 0 spiro atoms. The highest BCUT2D eigenvalue weighted by molar-refractivity contribution is 4.81. The molecule has 0 aromatic rings. The van der Waals surface area contributed by atoms with Crippen LogP contribution < -0.4 is 22.1 Å². The van der Waals surface area contributed by atoms with Gasteiger partial charge in [0.2, 0.25) is 0 Å². The zero-order valence-electron chi connectivity index (χ0n) is 13.6. The Morgan fingerprint density at radius 3 is 2.41 bits per heavy atom. The lowest BCUT2D eigenvalue weighted by molar-refractivity contribution is 0.0604. The van der Waals surface area contributed by atoms with Gasteiger partial charge in [-0.05, 0) is 51.4 Å². The molecule has 0 radical (unpaired) electrons. The third kappa shape index (κ3) is 7.32. The molecule has 3 unspecified atom stereocenters. The molecule has 0 aromatic heterocycles. The summed E-state index contributed by atoms with van der Waals surface area (Å²) in [6.07, 6.45) is 3.96. The Morgan fingerprint density at radius 1 is 1.23 bits per heavy atom. The summed E-state index contributed by atoms with van der Waals surface area (Å²) in [6.45, 7) is 2.32. The van der Waals surface area contributed by atoms with Gasteiger partial charge in [0.1, 0.15) is 6.23 Å². The molecule has 0 aliphatic heterocycles. The molecule has 7 heteroatoms. The largest absolute Gasteiger partial charge is 0.395 e. The maximum Gasteiger partial charge on any atom is 0.120 e. The van der Waals surface area contributed by atoms with E-state index >= 15 is 0 Å². The zero-order chi connectivity index (χ0) is 16.5. The molecule has 0 heterocycles. The van der Waals surface area contributed by atoms with Crippen LogP contribution in [0.4, 0.5) is 0 Å². The first-order valence-corrected chi connectivity index (χ1v) is 8.38. The van der Waals surface area contributed by atoms with Gasteiger partial charge in [0.25, 0.3) is 0 Å². The fraction of sp³-hybridized carbons (Fsp3) is 1.00. The Kier molecular flexibility index (Phi) is 9.42. The van der Waals surface area contributed by atoms with Crippen LogP contribution in [0.2, 0.25) is 0 Å². The van der Waals surface area contributed by atoms with Crippen molar-refractivity contribution in [1.29, 1.82) is 0 Å². The maximum atomic E-state index is 10.2. The van der Waals surface area contributed by atoms with Crippen molar-refractivity contribution >= 4 is 0 Å². The fourth-order valence-electron chi connectivity index (χ4n) is 3.16. The fourth-order valence-corrected chi connectivity index (χ4v) is 3.16. The Labute approximate surface area is 133 Å². The third-order valence-corrected chi connectivity index (χ3v) is 4.56. The van der Waals surface area contributed by atoms with E-state index in [2.05, 4.69) is 10.6 Å². The van der Waals surface area contributed by atoms with Crippen molar-refractivity contribution < 1.29 is 15.3 Å². The van der Waals surface area contributed by atoms with Gasteiger partial charge in [0, 0.05) is 24.8 Å². The first-order chi connectivity index (χ1) is 10.5. The lowest BCUT2D eigenvalue weighted by Crippen LogP contribution is -2.52. The molecule has 22 heavy (non-hydrogen) atoms. The molecule has 1 fully saturated rings. The molecular formula is C15H34N4O3. The van der Waals surface area contributed by atoms with E-state index in [-0.39, 0.29) is 24.8 Å². The van der Waals surface area contributed by atoms with E-state index in [1.54, 1.807) is 0 Å². The highest BCUT2D eigenvalue weighted by Crippen LogP contribution is 2.27. The molecule has 1 aliphatic carbocycles. The number of nitrogens with two attached hydrogens (primary N) is 2. The Balaban J connectivity index is 2.34. The number of rotatable bonds is 10. The highest BCUT2D eigenvalue weighted by Gasteiger charge is 2.25. The lowest BCUT2D eigenvalue weighted by atomic mass is 9.83. The van der Waals surface area contributed by atoms with Crippen molar-refractivity contribution in [2.45, 2.75) is 75.9 Å². The number of hydrogen-bond acceptors (Lipinski definition) is 7. The SMILES string of the molecule is CC(CC(N)C(O)N[C@@H](CO)CC1CCC(O)CC1)NCN. The van der Waals surface area contributed by atoms with Gasteiger partial charge in [0.05, 0.1) is 12.7 Å². The Morgan fingerprint density at radius 2 is 1.86 bits per heavy atom. The summed E-state index contributed by atoms with van der Waals surface area (Å²) in [5, 5.41) is 35.3. The van der Waals surface area contributed by atoms with Gasteiger partial charge in [-0.3, -0.25) is 5.32 Å². The van der Waals surface area contributed by atoms with E-state index in [1.807, 2.05) is 6.92 Å². The van der Waals surface area contributed by atoms with Gasteiger partial charge >= 0.3 is 0 Å². The predicted molar refractivity (Wildman–Crippen MR) is 86.8 cm³/mol. The van der Waals surface area contributed by atoms with Crippen LogP contribution in [0.15, 0.2) is 0 Å². The summed E-state index contributed by atoms with van der Waals surface area (Å²) in [5.74, 6) is 0.481. The van der Waals surface area contributed by atoms with Crippen LogP contribution in [0.1, 0.15) is 45.4 Å². The van der Waals surface area contributed by atoms with Crippen LogP contribution >= 0.6 is 0 Å². The number of hydrogen-bond donors (Lipinski definition) is 7. The maximum absolute atomic E-state index is 10.2. The number of nitrogens with one attached hydrogen (secondary N) is 2. The van der Waals surface area contributed by atoms with E-state index in [0.717, 1.165) is 32.1 Å². The van der Waals surface area contributed by atoms with Crippen molar-refractivity contribution in [2.24, 2.45) is 17.4 Å². The van der Waals surface area contributed by atoms with E-state index in [4.69, 9.17) is 11.5 Å². The number of aliphatic hydroxyl groups excluding tert-OH is 3. The quantitative estimate of drug-likeness (QED) is 0.251. The van der Waals surface area contributed by atoms with E-state index in [1.165, 1.54) is 0 Å². The smallest absolute Gasteiger partial charge is 0.120 e. The van der Waals surface area contributed by atoms with Crippen molar-refractivity contribution in [1.82, 2.24) is 10.6 Å². The topological polar surface area (TPSA) is 137 Å².